The van der Waals surface area contributed by atoms with Gasteiger partial charge in [0, 0.05) is 38.0 Å². The van der Waals surface area contributed by atoms with Gasteiger partial charge in [0.1, 0.15) is 5.82 Å². The lowest BCUT2D eigenvalue weighted by molar-refractivity contribution is 0.292. The van der Waals surface area contributed by atoms with E-state index in [-0.39, 0.29) is 6.61 Å². The van der Waals surface area contributed by atoms with Crippen LogP contribution in [-0.4, -0.2) is 34.8 Å². The molecule has 1 aliphatic heterocycles. The summed E-state index contributed by atoms with van der Waals surface area (Å²) in [6, 6.07) is 10.7. The Hall–Kier alpha value is -2.14. The Kier molecular flexibility index (Phi) is 5.08. The second kappa shape index (κ2) is 7.42. The van der Waals surface area contributed by atoms with Gasteiger partial charge in [-0.3, -0.25) is 0 Å². The minimum Gasteiger partial charge on any atom is -0.396 e. The monoisotopic (exact) mass is 312 g/mol. The number of anilines is 2. The molecule has 0 aliphatic carbocycles. The smallest absolute Gasteiger partial charge is 0.224 e. The van der Waals surface area contributed by atoms with Gasteiger partial charge in [0.25, 0.3) is 0 Å². The Morgan fingerprint density at radius 2 is 2.04 bits per heavy atom. The topological polar surface area (TPSA) is 61.3 Å². The molecule has 5 nitrogen and oxygen atoms in total. The molecule has 0 saturated carbocycles. The summed E-state index contributed by atoms with van der Waals surface area (Å²) in [4.78, 5) is 11.5. The summed E-state index contributed by atoms with van der Waals surface area (Å²) in [5.41, 5.74) is 3.86. The van der Waals surface area contributed by atoms with Crippen LogP contribution in [0.25, 0.3) is 0 Å². The molecule has 0 fully saturated rings. The molecular weight excluding hydrogens is 288 g/mol. The third kappa shape index (κ3) is 3.79. The normalized spacial score (nSPS) is 13.7. The zero-order chi connectivity index (χ0) is 16.1. The van der Waals surface area contributed by atoms with Crippen LogP contribution < -0.4 is 10.2 Å². The summed E-state index contributed by atoms with van der Waals surface area (Å²) >= 11 is 0. The summed E-state index contributed by atoms with van der Waals surface area (Å²) in [5.74, 6) is 1.64. The second-order valence-electron chi connectivity index (χ2n) is 5.84. The van der Waals surface area contributed by atoms with Gasteiger partial charge in [0.2, 0.25) is 5.95 Å². The van der Waals surface area contributed by atoms with Crippen LogP contribution in [0.5, 0.6) is 0 Å². The highest BCUT2D eigenvalue weighted by molar-refractivity contribution is 5.48. The largest absolute Gasteiger partial charge is 0.396 e. The SMILES string of the molecule is CCc1cc(N2CCc3ccccc3C2)nc(NCCCO)n1. The van der Waals surface area contributed by atoms with E-state index in [0.29, 0.717) is 18.9 Å². The maximum atomic E-state index is 8.91. The molecule has 0 spiro atoms. The lowest BCUT2D eigenvalue weighted by Crippen LogP contribution is -2.31. The summed E-state index contributed by atoms with van der Waals surface area (Å²) in [7, 11) is 0. The van der Waals surface area contributed by atoms with E-state index in [2.05, 4.69) is 57.4 Å². The van der Waals surface area contributed by atoms with E-state index >= 15 is 0 Å². The molecule has 1 aliphatic rings. The number of nitrogens with zero attached hydrogens (tertiary/aromatic N) is 3. The molecule has 0 bridgehead atoms. The van der Waals surface area contributed by atoms with Gasteiger partial charge in [-0.2, -0.15) is 4.98 Å². The number of rotatable bonds is 6. The van der Waals surface area contributed by atoms with Crippen molar-refractivity contribution in [1.82, 2.24) is 9.97 Å². The highest BCUT2D eigenvalue weighted by Gasteiger charge is 2.18. The van der Waals surface area contributed by atoms with E-state index in [1.807, 2.05) is 0 Å². The van der Waals surface area contributed by atoms with Crippen LogP contribution in [0.15, 0.2) is 30.3 Å². The van der Waals surface area contributed by atoms with Crippen molar-refractivity contribution in [3.63, 3.8) is 0 Å². The number of aliphatic hydroxyl groups is 1. The van der Waals surface area contributed by atoms with Crippen molar-refractivity contribution in [2.75, 3.05) is 29.9 Å². The van der Waals surface area contributed by atoms with Crippen LogP contribution in [-0.2, 0) is 19.4 Å². The second-order valence-corrected chi connectivity index (χ2v) is 5.84. The van der Waals surface area contributed by atoms with Crippen LogP contribution in [0, 0.1) is 0 Å². The summed E-state index contributed by atoms with van der Waals surface area (Å²) in [6.07, 6.45) is 2.63. The highest BCUT2D eigenvalue weighted by atomic mass is 16.3. The van der Waals surface area contributed by atoms with Gasteiger partial charge in [-0.15, -0.1) is 0 Å². The summed E-state index contributed by atoms with van der Waals surface area (Å²) < 4.78 is 0. The molecule has 0 radical (unpaired) electrons. The molecule has 0 saturated heterocycles. The number of aliphatic hydroxyl groups excluding tert-OH is 1. The van der Waals surface area contributed by atoms with E-state index < -0.39 is 0 Å². The van der Waals surface area contributed by atoms with Gasteiger partial charge < -0.3 is 15.3 Å². The van der Waals surface area contributed by atoms with Crippen molar-refractivity contribution in [2.24, 2.45) is 0 Å². The first kappa shape index (κ1) is 15.7. The predicted molar refractivity (Wildman–Crippen MR) is 92.8 cm³/mol. The summed E-state index contributed by atoms with van der Waals surface area (Å²) in [6.45, 7) is 4.84. The van der Waals surface area contributed by atoms with Gasteiger partial charge in [0.05, 0.1) is 0 Å². The van der Waals surface area contributed by atoms with E-state index in [1.165, 1.54) is 11.1 Å². The average molecular weight is 312 g/mol. The minimum atomic E-state index is 0.177. The fraction of sp³-hybridized carbons (Fsp3) is 0.444. The van der Waals surface area contributed by atoms with Gasteiger partial charge in [-0.25, -0.2) is 4.98 Å². The molecule has 2 aromatic rings. The van der Waals surface area contributed by atoms with Gasteiger partial charge >= 0.3 is 0 Å². The predicted octanol–water partition coefficient (Wildman–Crippen LogP) is 2.40. The molecule has 2 heterocycles. The van der Waals surface area contributed by atoms with E-state index in [9.17, 15) is 0 Å². The van der Waals surface area contributed by atoms with Crippen LogP contribution >= 0.6 is 0 Å². The van der Waals surface area contributed by atoms with Crippen LogP contribution in [0.4, 0.5) is 11.8 Å². The number of benzene rings is 1. The first-order valence-corrected chi connectivity index (χ1v) is 8.34. The first-order valence-electron chi connectivity index (χ1n) is 8.34. The van der Waals surface area contributed by atoms with Crippen molar-refractivity contribution in [2.45, 2.75) is 32.7 Å². The van der Waals surface area contributed by atoms with Crippen molar-refractivity contribution in [3.05, 3.63) is 47.2 Å². The van der Waals surface area contributed by atoms with Crippen LogP contribution in [0.1, 0.15) is 30.2 Å². The summed E-state index contributed by atoms with van der Waals surface area (Å²) in [5, 5.41) is 12.1. The maximum absolute atomic E-state index is 8.91. The first-order chi connectivity index (χ1) is 11.3. The molecule has 1 aromatic carbocycles. The third-order valence-electron chi connectivity index (χ3n) is 4.20. The van der Waals surface area contributed by atoms with Crippen molar-refractivity contribution >= 4 is 11.8 Å². The fourth-order valence-electron chi connectivity index (χ4n) is 2.88. The fourth-order valence-corrected chi connectivity index (χ4v) is 2.88. The number of aryl methyl sites for hydroxylation is 1. The van der Waals surface area contributed by atoms with Crippen LogP contribution in [0.2, 0.25) is 0 Å². The molecule has 23 heavy (non-hydrogen) atoms. The Labute approximate surface area is 137 Å². The maximum Gasteiger partial charge on any atom is 0.224 e. The molecule has 5 heteroatoms. The standard InChI is InChI=1S/C18H24N4O/c1-2-16-12-17(21-18(20-16)19-9-5-11-23)22-10-8-14-6-3-4-7-15(14)13-22/h3-4,6-7,12,23H,2,5,8-11,13H2,1H3,(H,19,20,21). The number of nitrogens with one attached hydrogen (secondary N) is 1. The van der Waals surface area contributed by atoms with Gasteiger partial charge in [0.15, 0.2) is 0 Å². The van der Waals surface area contributed by atoms with Crippen molar-refractivity contribution in [3.8, 4) is 0 Å². The van der Waals surface area contributed by atoms with Crippen molar-refractivity contribution < 1.29 is 5.11 Å². The number of hydrogen-bond donors (Lipinski definition) is 2. The van der Waals surface area contributed by atoms with E-state index in [4.69, 9.17) is 5.11 Å². The molecule has 2 N–H and O–H groups in total. The zero-order valence-corrected chi connectivity index (χ0v) is 13.6. The van der Waals surface area contributed by atoms with Gasteiger partial charge in [-0.1, -0.05) is 31.2 Å². The van der Waals surface area contributed by atoms with E-state index in [0.717, 1.165) is 37.4 Å². The Bertz CT molecular complexity index is 659. The molecule has 1 aromatic heterocycles. The molecule has 0 unspecified atom stereocenters. The van der Waals surface area contributed by atoms with Crippen LogP contribution in [0.3, 0.4) is 0 Å². The average Bonchev–Trinajstić information content (AvgIpc) is 2.61. The Morgan fingerprint density at radius 3 is 2.83 bits per heavy atom. The minimum absolute atomic E-state index is 0.177. The molecular formula is C18H24N4O. The molecule has 122 valence electrons. The van der Waals surface area contributed by atoms with Crippen molar-refractivity contribution in [1.29, 1.82) is 0 Å². The zero-order valence-electron chi connectivity index (χ0n) is 13.6. The Morgan fingerprint density at radius 1 is 1.22 bits per heavy atom. The van der Waals surface area contributed by atoms with E-state index in [1.54, 1.807) is 0 Å². The lowest BCUT2D eigenvalue weighted by Gasteiger charge is -2.30. The molecule has 0 atom stereocenters. The number of hydrogen-bond acceptors (Lipinski definition) is 5. The number of aromatic nitrogens is 2. The highest BCUT2D eigenvalue weighted by Crippen LogP contribution is 2.24. The quantitative estimate of drug-likeness (QED) is 0.802. The molecule has 0 amide bonds. The third-order valence-corrected chi connectivity index (χ3v) is 4.20. The Balaban J connectivity index is 1.80. The van der Waals surface area contributed by atoms with Gasteiger partial charge in [-0.05, 0) is 30.4 Å². The lowest BCUT2D eigenvalue weighted by atomic mass is 10.00. The molecule has 3 rings (SSSR count). The number of fused-ring (bicyclic) bond motifs is 1.